The molecule has 13 atom stereocenters. The van der Waals surface area contributed by atoms with Gasteiger partial charge in [0, 0.05) is 71.1 Å². The number of hydrogen-bond acceptors (Lipinski definition) is 21. The normalized spacial score (nSPS) is 27.0. The maximum Gasteiger partial charge on any atom is 0.348 e. The predicted molar refractivity (Wildman–Crippen MR) is 318 cm³/mol. The van der Waals surface area contributed by atoms with E-state index in [2.05, 4.69) is 37.5 Å². The van der Waals surface area contributed by atoms with Crippen molar-refractivity contribution < 1.29 is 72.6 Å². The van der Waals surface area contributed by atoms with Crippen LogP contribution in [0.4, 0.5) is 11.6 Å². The molecule has 8 rings (SSSR count). The number of fused-ring (bicyclic) bond motifs is 6. The Morgan fingerprint density at radius 2 is 1.63 bits per heavy atom. The summed E-state index contributed by atoms with van der Waals surface area (Å²) in [5.74, 6) is -9.66. The number of carboxylic acids is 2. The van der Waals surface area contributed by atoms with Gasteiger partial charge in [0.15, 0.2) is 23.1 Å². The third kappa shape index (κ3) is 13.1. The highest BCUT2D eigenvalue weighted by molar-refractivity contribution is 8.76. The highest BCUT2D eigenvalue weighted by atomic mass is 33.1. The molecular weight excluding hydrogens is 1150 g/mol. The fraction of sp³-hybridized carbons (Fsp3) is 0.541. The van der Waals surface area contributed by atoms with E-state index in [1.807, 2.05) is 34.6 Å². The molecule has 86 heavy (non-hydrogen) atoms. The van der Waals surface area contributed by atoms with Crippen LogP contribution < -0.4 is 21.9 Å². The van der Waals surface area contributed by atoms with Crippen LogP contribution in [-0.4, -0.2) is 137 Å². The number of rotatable bonds is 24. The summed E-state index contributed by atoms with van der Waals surface area (Å²) in [5.41, 5.74) is 3.35. The summed E-state index contributed by atoms with van der Waals surface area (Å²) in [5, 5.41) is 38.9. The maximum absolute atomic E-state index is 15.4. The topological polar surface area (TPSA) is 356 Å². The highest BCUT2D eigenvalue weighted by Gasteiger charge is 2.73. The van der Waals surface area contributed by atoms with Crippen LogP contribution in [0.25, 0.3) is 11.2 Å². The molecule has 3 heterocycles. The van der Waals surface area contributed by atoms with Gasteiger partial charge in [-0.15, -0.1) is 0 Å². The second-order valence-electron chi connectivity index (χ2n) is 24.2. The molecule has 4 aromatic rings. The summed E-state index contributed by atoms with van der Waals surface area (Å²) in [6.07, 6.45) is -3.50. The van der Waals surface area contributed by atoms with E-state index < -0.39 is 123 Å². The Morgan fingerprint density at radius 1 is 0.930 bits per heavy atom. The highest BCUT2D eigenvalue weighted by Crippen LogP contribution is 2.68. The number of aromatic amines is 1. The SMILES string of the molecule is CC(=O)O[C@H]1C(=O)[C@@]2(C)C(C(C)[C@]3(O)CC(OC(=O)C(OC(=O)CCSSCC(CC(=O)CCC(NC(=O)c4ccc(NCc5cnc6nc(N)[nH]c(=O)c6n5)cc4)C(=O)O)C(=O)O)[C@@H](C)c4ccccc4)C(C)=C1C3(C)C)[C@]1(C)CO[C@@H]1C[C@@H]2C. The fourth-order valence-electron chi connectivity index (χ4n) is 13.5. The molecule has 23 nitrogen and oxygen atoms in total. The summed E-state index contributed by atoms with van der Waals surface area (Å²) < 4.78 is 24.5. The number of carboxylic acid groups (broad SMARTS) is 2. The minimum atomic E-state index is -1.63. The molecule has 1 saturated heterocycles. The Balaban J connectivity index is 0.855. The molecule has 1 amide bonds. The van der Waals surface area contributed by atoms with E-state index in [0.717, 1.165) is 21.6 Å². The number of nitrogens with two attached hydrogens (primary N) is 1. The van der Waals surface area contributed by atoms with Gasteiger partial charge in [-0.25, -0.2) is 19.6 Å². The molecule has 3 fully saturated rings. The molecule has 6 unspecified atom stereocenters. The Bertz CT molecular complexity index is 3380. The number of ketones is 2. The van der Waals surface area contributed by atoms with E-state index in [1.54, 1.807) is 56.3 Å². The van der Waals surface area contributed by atoms with Crippen LogP contribution in [0.1, 0.15) is 128 Å². The summed E-state index contributed by atoms with van der Waals surface area (Å²) >= 11 is 0. The van der Waals surface area contributed by atoms with Crippen molar-refractivity contribution in [1.29, 1.82) is 0 Å². The number of nitrogen functional groups attached to an aromatic ring is 1. The summed E-state index contributed by atoms with van der Waals surface area (Å²) in [7, 11) is 2.25. The van der Waals surface area contributed by atoms with Crippen LogP contribution in [0.2, 0.25) is 0 Å². The fourth-order valence-corrected chi connectivity index (χ4v) is 15.8. The third-order valence-corrected chi connectivity index (χ3v) is 21.0. The quantitative estimate of drug-likeness (QED) is 0.0127. The van der Waals surface area contributed by atoms with Gasteiger partial charge >= 0.3 is 29.8 Å². The van der Waals surface area contributed by atoms with Crippen LogP contribution in [0, 0.1) is 39.9 Å². The lowest BCUT2D eigenvalue weighted by Gasteiger charge is -2.69. The van der Waals surface area contributed by atoms with Crippen molar-refractivity contribution >= 4 is 91.7 Å². The molecular formula is C61H75N7O16S2. The molecule has 3 aliphatic carbocycles. The number of carbonyl (C=O) groups is 8. The number of anilines is 2. The molecule has 2 aromatic heterocycles. The van der Waals surface area contributed by atoms with E-state index in [1.165, 1.54) is 25.3 Å². The Kier molecular flexibility index (Phi) is 19.6. The van der Waals surface area contributed by atoms with Gasteiger partial charge in [-0.05, 0) is 78.5 Å². The lowest BCUT2D eigenvalue weighted by atomic mass is 9.39. The van der Waals surface area contributed by atoms with Crippen molar-refractivity contribution in [1.82, 2.24) is 25.3 Å². The number of aliphatic carboxylic acids is 2. The number of H-pyrrole nitrogens is 1. The Labute approximate surface area is 504 Å². The predicted octanol–water partition coefficient (Wildman–Crippen LogP) is 6.62. The van der Waals surface area contributed by atoms with Crippen molar-refractivity contribution in [3.05, 3.63) is 99.1 Å². The average Bonchev–Trinajstić information content (AvgIpc) is 0.678. The number of benzene rings is 2. The van der Waals surface area contributed by atoms with Crippen molar-refractivity contribution in [2.45, 2.75) is 149 Å². The monoisotopic (exact) mass is 1230 g/mol. The number of Topliss-reactive ketones (excluding diaryl/α,β-unsaturated/α-hetero) is 2. The second-order valence-corrected chi connectivity index (χ2v) is 26.8. The van der Waals surface area contributed by atoms with E-state index >= 15 is 4.79 Å². The first-order chi connectivity index (χ1) is 40.5. The van der Waals surface area contributed by atoms with E-state index in [9.17, 15) is 53.7 Å². The standard InChI is InChI=1S/C61H75N7O16S2/c1-30-23-43-59(8,29-81-43)49-33(4)61(80)25-42(32(3)45(58(61,6)7)48(82-34(5)69)50(72)60(30,49)9)83-56(79)47(31(2)35-13-11-10-12-14-35)84-44(71)21-22-85-86-28-37(54(75)76)24-40(70)19-20-41(55(77)78)66-52(73)36-15-17-38(18-16-36)63-26-39-27-64-51-46(65-39)53(74)68-57(62)67-51/h10-18,27,30-31,33,37,41-43,47-49,63,80H,19-26,28-29H2,1-9H3,(H,66,73)(H,75,76)(H,77,78)(H3,62,64,67,68,74)/t30-,31-,33?,37?,41?,42?,43+,47?,48+,49?,59+,60+,61+/m0/s1. The van der Waals surface area contributed by atoms with Gasteiger partial charge in [-0.2, -0.15) is 4.98 Å². The summed E-state index contributed by atoms with van der Waals surface area (Å²) in [4.78, 5) is 134. The van der Waals surface area contributed by atoms with Gasteiger partial charge in [0.05, 0.1) is 49.1 Å². The second kappa shape index (κ2) is 26.0. The maximum atomic E-state index is 15.4. The Morgan fingerprint density at radius 3 is 2.27 bits per heavy atom. The first kappa shape index (κ1) is 64.8. The van der Waals surface area contributed by atoms with Gasteiger partial charge in [0.1, 0.15) is 17.9 Å². The van der Waals surface area contributed by atoms with Gasteiger partial charge < -0.3 is 50.6 Å². The van der Waals surface area contributed by atoms with Crippen LogP contribution >= 0.6 is 21.6 Å². The number of amides is 1. The third-order valence-electron chi connectivity index (χ3n) is 18.5. The number of nitrogens with one attached hydrogen (secondary N) is 3. The molecule has 25 heteroatoms. The molecule has 2 saturated carbocycles. The molecule has 2 bridgehead atoms. The summed E-state index contributed by atoms with van der Waals surface area (Å²) in [6, 6.07) is 13.5. The molecule has 8 N–H and O–H groups in total. The van der Waals surface area contributed by atoms with Gasteiger partial charge in [0.2, 0.25) is 12.1 Å². The first-order valence-corrected chi connectivity index (χ1v) is 31.1. The van der Waals surface area contributed by atoms with E-state index in [-0.39, 0.29) is 84.2 Å². The van der Waals surface area contributed by atoms with Crippen molar-refractivity contribution in [3.8, 4) is 0 Å². The van der Waals surface area contributed by atoms with Gasteiger partial charge in [-0.3, -0.25) is 38.5 Å². The molecule has 1 aliphatic heterocycles. The Hall–Kier alpha value is -7.22. The number of ether oxygens (including phenoxy) is 4. The number of aliphatic hydroxyl groups is 1. The summed E-state index contributed by atoms with van der Waals surface area (Å²) in [6.45, 7) is 16.8. The van der Waals surface area contributed by atoms with Crippen LogP contribution in [0.5, 0.6) is 0 Å². The van der Waals surface area contributed by atoms with Crippen LogP contribution in [0.15, 0.2) is 76.7 Å². The number of aromatic nitrogens is 4. The molecule has 462 valence electrons. The van der Waals surface area contributed by atoms with Crippen LogP contribution in [-0.2, 0) is 59.1 Å². The number of nitrogens with zero attached hydrogens (tertiary/aromatic N) is 3. The zero-order valence-corrected chi connectivity index (χ0v) is 51.1. The van der Waals surface area contributed by atoms with Crippen molar-refractivity contribution in [3.63, 3.8) is 0 Å². The van der Waals surface area contributed by atoms with Crippen molar-refractivity contribution in [2.24, 2.45) is 39.9 Å². The minimum absolute atomic E-state index is 0.00982. The molecule has 0 radical (unpaired) electrons. The first-order valence-electron chi connectivity index (χ1n) is 28.6. The number of esters is 3. The van der Waals surface area contributed by atoms with E-state index in [0.29, 0.717) is 41.1 Å². The largest absolute Gasteiger partial charge is 0.481 e. The lowest BCUT2D eigenvalue weighted by Crippen LogP contribution is -2.74. The zero-order chi connectivity index (χ0) is 62.8. The minimum Gasteiger partial charge on any atom is -0.481 e. The molecule has 0 spiro atoms. The lowest BCUT2D eigenvalue weighted by molar-refractivity contribution is -0.294. The van der Waals surface area contributed by atoms with Crippen LogP contribution in [0.3, 0.4) is 0 Å². The molecule has 4 aliphatic rings. The number of hydrogen-bond donors (Lipinski definition) is 7. The number of carbonyl (C=O) groups excluding carboxylic acids is 6. The van der Waals surface area contributed by atoms with Gasteiger partial charge in [-0.1, -0.05) is 100 Å². The van der Waals surface area contributed by atoms with Gasteiger partial charge in [0.25, 0.3) is 11.5 Å². The van der Waals surface area contributed by atoms with E-state index in [4.69, 9.17) is 24.7 Å². The van der Waals surface area contributed by atoms with Crippen molar-refractivity contribution in [2.75, 3.05) is 29.2 Å². The zero-order valence-electron chi connectivity index (χ0n) is 49.5. The molecule has 2 aromatic carbocycles. The average molecular weight is 1230 g/mol. The smallest absolute Gasteiger partial charge is 0.348 e.